The Morgan fingerprint density at radius 2 is 2.28 bits per heavy atom. The molecule has 0 radical (unpaired) electrons. The smallest absolute Gasteiger partial charge is 0.0589 e. The molecule has 1 saturated carbocycles. The molecule has 0 spiro atoms. The fourth-order valence-corrected chi connectivity index (χ4v) is 2.78. The molecule has 106 valence electrons. The first-order chi connectivity index (χ1) is 8.74. The monoisotopic (exact) mass is 256 g/mol. The van der Waals surface area contributed by atoms with Gasteiger partial charge < -0.3 is 19.7 Å². The van der Waals surface area contributed by atoms with E-state index in [4.69, 9.17) is 9.47 Å². The topological polar surface area (TPSA) is 33.7 Å². The van der Waals surface area contributed by atoms with E-state index >= 15 is 0 Å². The van der Waals surface area contributed by atoms with Crippen molar-refractivity contribution in [3.8, 4) is 0 Å². The van der Waals surface area contributed by atoms with E-state index in [0.29, 0.717) is 5.41 Å². The molecule has 0 bridgehead atoms. The summed E-state index contributed by atoms with van der Waals surface area (Å²) in [4.78, 5) is 2.38. The Bertz CT molecular complexity index is 238. The molecule has 0 aromatic rings. The van der Waals surface area contributed by atoms with Crippen molar-refractivity contribution in [2.45, 2.75) is 31.7 Å². The summed E-state index contributed by atoms with van der Waals surface area (Å²) in [5, 5.41) is 3.69. The molecule has 0 aromatic carbocycles. The SMILES string of the molecule is COCCN(C)CC1(CNC2CC2)CCCOC1. The summed E-state index contributed by atoms with van der Waals surface area (Å²) in [6.45, 7) is 5.87. The maximum absolute atomic E-state index is 5.75. The second-order valence-corrected chi connectivity index (χ2v) is 6.04. The molecule has 1 heterocycles. The molecule has 4 nitrogen and oxygen atoms in total. The zero-order valence-corrected chi connectivity index (χ0v) is 11.9. The van der Waals surface area contributed by atoms with Crippen LogP contribution in [0.5, 0.6) is 0 Å². The quantitative estimate of drug-likeness (QED) is 0.705. The van der Waals surface area contributed by atoms with Crippen LogP contribution in [0, 0.1) is 5.41 Å². The van der Waals surface area contributed by atoms with Crippen LogP contribution in [0.1, 0.15) is 25.7 Å². The van der Waals surface area contributed by atoms with Gasteiger partial charge in [0, 0.05) is 44.8 Å². The standard InChI is InChI=1S/C14H28N2O2/c1-16(7-9-17-2)11-14(6-3-8-18-12-14)10-15-13-4-5-13/h13,15H,3-12H2,1-2H3. The average molecular weight is 256 g/mol. The first-order valence-corrected chi connectivity index (χ1v) is 7.23. The van der Waals surface area contributed by atoms with Gasteiger partial charge in [-0.2, -0.15) is 0 Å². The van der Waals surface area contributed by atoms with Crippen molar-refractivity contribution < 1.29 is 9.47 Å². The van der Waals surface area contributed by atoms with E-state index in [1.807, 2.05) is 0 Å². The number of methoxy groups -OCH3 is 1. The van der Waals surface area contributed by atoms with Gasteiger partial charge in [-0.1, -0.05) is 0 Å². The minimum Gasteiger partial charge on any atom is -0.383 e. The van der Waals surface area contributed by atoms with Gasteiger partial charge in [0.05, 0.1) is 13.2 Å². The highest BCUT2D eigenvalue weighted by molar-refractivity contribution is 4.90. The van der Waals surface area contributed by atoms with E-state index in [0.717, 1.165) is 45.5 Å². The predicted molar refractivity (Wildman–Crippen MR) is 72.9 cm³/mol. The van der Waals surface area contributed by atoms with E-state index in [-0.39, 0.29) is 0 Å². The zero-order chi connectivity index (χ0) is 12.8. The van der Waals surface area contributed by atoms with Crippen LogP contribution in [0.25, 0.3) is 0 Å². The summed E-state index contributed by atoms with van der Waals surface area (Å²) in [6, 6.07) is 0.785. The normalized spacial score (nSPS) is 28.8. The summed E-state index contributed by atoms with van der Waals surface area (Å²) < 4.78 is 10.9. The summed E-state index contributed by atoms with van der Waals surface area (Å²) >= 11 is 0. The molecular formula is C14H28N2O2. The van der Waals surface area contributed by atoms with Gasteiger partial charge in [0.25, 0.3) is 0 Å². The maximum atomic E-state index is 5.75. The Hall–Kier alpha value is -0.160. The predicted octanol–water partition coefficient (Wildman–Crippen LogP) is 1.11. The van der Waals surface area contributed by atoms with Crippen LogP contribution in [0.15, 0.2) is 0 Å². The molecule has 1 aliphatic heterocycles. The van der Waals surface area contributed by atoms with E-state index < -0.39 is 0 Å². The van der Waals surface area contributed by atoms with Gasteiger partial charge in [-0.05, 0) is 32.7 Å². The van der Waals surface area contributed by atoms with Crippen LogP contribution in [0.3, 0.4) is 0 Å². The summed E-state index contributed by atoms with van der Waals surface area (Å²) in [6.07, 6.45) is 5.20. The van der Waals surface area contributed by atoms with Gasteiger partial charge in [-0.3, -0.25) is 0 Å². The Morgan fingerprint density at radius 3 is 2.89 bits per heavy atom. The third-order valence-corrected chi connectivity index (χ3v) is 4.03. The zero-order valence-electron chi connectivity index (χ0n) is 11.9. The van der Waals surface area contributed by atoms with Crippen LogP contribution < -0.4 is 5.32 Å². The highest BCUT2D eigenvalue weighted by atomic mass is 16.5. The Morgan fingerprint density at radius 1 is 1.44 bits per heavy atom. The number of hydrogen-bond donors (Lipinski definition) is 1. The number of nitrogens with zero attached hydrogens (tertiary/aromatic N) is 1. The lowest BCUT2D eigenvalue weighted by molar-refractivity contribution is -0.0250. The molecule has 1 N–H and O–H groups in total. The number of nitrogens with one attached hydrogen (secondary N) is 1. The van der Waals surface area contributed by atoms with Gasteiger partial charge in [0.1, 0.15) is 0 Å². The minimum atomic E-state index is 0.309. The van der Waals surface area contributed by atoms with Crippen LogP contribution in [-0.4, -0.2) is 64.6 Å². The molecule has 1 unspecified atom stereocenters. The highest BCUT2D eigenvalue weighted by Crippen LogP contribution is 2.30. The van der Waals surface area contributed by atoms with Crippen molar-refractivity contribution in [1.82, 2.24) is 10.2 Å². The van der Waals surface area contributed by atoms with Gasteiger partial charge in [-0.15, -0.1) is 0 Å². The summed E-state index contributed by atoms with van der Waals surface area (Å²) in [5.41, 5.74) is 0.309. The third-order valence-electron chi connectivity index (χ3n) is 4.03. The van der Waals surface area contributed by atoms with Crippen molar-refractivity contribution >= 4 is 0 Å². The van der Waals surface area contributed by atoms with Crippen molar-refractivity contribution in [2.24, 2.45) is 5.41 Å². The molecule has 2 aliphatic rings. The summed E-state index contributed by atoms with van der Waals surface area (Å²) in [5.74, 6) is 0. The molecule has 2 fully saturated rings. The van der Waals surface area contributed by atoms with Crippen molar-refractivity contribution in [2.75, 3.05) is 53.6 Å². The van der Waals surface area contributed by atoms with Crippen molar-refractivity contribution in [3.63, 3.8) is 0 Å². The van der Waals surface area contributed by atoms with Gasteiger partial charge in [0.2, 0.25) is 0 Å². The fraction of sp³-hybridized carbons (Fsp3) is 1.00. The first-order valence-electron chi connectivity index (χ1n) is 7.23. The highest BCUT2D eigenvalue weighted by Gasteiger charge is 2.35. The largest absolute Gasteiger partial charge is 0.383 e. The molecular weight excluding hydrogens is 228 g/mol. The lowest BCUT2D eigenvalue weighted by Gasteiger charge is -2.40. The molecule has 2 rings (SSSR count). The first kappa shape index (κ1) is 14.3. The lowest BCUT2D eigenvalue weighted by Crippen LogP contribution is -2.49. The second kappa shape index (κ2) is 6.85. The average Bonchev–Trinajstić information content (AvgIpc) is 3.19. The Labute approximate surface area is 111 Å². The van der Waals surface area contributed by atoms with E-state index in [1.165, 1.54) is 25.7 Å². The second-order valence-electron chi connectivity index (χ2n) is 6.04. The van der Waals surface area contributed by atoms with Gasteiger partial charge >= 0.3 is 0 Å². The van der Waals surface area contributed by atoms with E-state index in [2.05, 4.69) is 17.3 Å². The fourth-order valence-electron chi connectivity index (χ4n) is 2.78. The van der Waals surface area contributed by atoms with Gasteiger partial charge in [-0.25, -0.2) is 0 Å². The molecule has 18 heavy (non-hydrogen) atoms. The Kier molecular flexibility index (Phi) is 5.42. The van der Waals surface area contributed by atoms with Crippen molar-refractivity contribution in [3.05, 3.63) is 0 Å². The third kappa shape index (κ3) is 4.50. The molecule has 1 saturated heterocycles. The van der Waals surface area contributed by atoms with Crippen LogP contribution in [0.4, 0.5) is 0 Å². The maximum Gasteiger partial charge on any atom is 0.0589 e. The lowest BCUT2D eigenvalue weighted by atomic mass is 9.81. The number of rotatable bonds is 8. The Balaban J connectivity index is 1.81. The molecule has 0 aromatic heterocycles. The molecule has 1 aliphatic carbocycles. The molecule has 0 amide bonds. The van der Waals surface area contributed by atoms with Gasteiger partial charge in [0.15, 0.2) is 0 Å². The van der Waals surface area contributed by atoms with Crippen LogP contribution in [-0.2, 0) is 9.47 Å². The number of likely N-dealkylation sites (N-methyl/N-ethyl adjacent to an activating group) is 1. The molecule has 4 heteroatoms. The number of hydrogen-bond acceptors (Lipinski definition) is 4. The van der Waals surface area contributed by atoms with E-state index in [1.54, 1.807) is 7.11 Å². The summed E-state index contributed by atoms with van der Waals surface area (Å²) in [7, 11) is 3.95. The van der Waals surface area contributed by atoms with Crippen LogP contribution >= 0.6 is 0 Å². The van der Waals surface area contributed by atoms with E-state index in [9.17, 15) is 0 Å². The van der Waals surface area contributed by atoms with Crippen molar-refractivity contribution in [1.29, 1.82) is 0 Å². The van der Waals surface area contributed by atoms with Crippen LogP contribution in [0.2, 0.25) is 0 Å². The molecule has 1 atom stereocenters. The number of ether oxygens (including phenoxy) is 2. The minimum absolute atomic E-state index is 0.309.